The number of aromatic nitrogens is 2. The van der Waals surface area contributed by atoms with Crippen molar-refractivity contribution in [1.82, 2.24) is 21.0 Å². The number of hydrazine groups is 1. The number of benzene rings is 1. The Bertz CT molecular complexity index is 910. The summed E-state index contributed by atoms with van der Waals surface area (Å²) in [6, 6.07) is 6.95. The van der Waals surface area contributed by atoms with Crippen molar-refractivity contribution in [3.63, 3.8) is 0 Å². The van der Waals surface area contributed by atoms with Gasteiger partial charge in [0.05, 0.1) is 5.38 Å². The minimum atomic E-state index is -4.55. The number of carbonyl (C=O) groups is 1. The molecule has 30 heavy (non-hydrogen) atoms. The van der Waals surface area contributed by atoms with Crippen LogP contribution in [-0.2, 0) is 4.79 Å². The highest BCUT2D eigenvalue weighted by Crippen LogP contribution is 2.35. The Morgan fingerprint density at radius 1 is 1.30 bits per heavy atom. The number of alkyl halides is 4. The van der Waals surface area contributed by atoms with Gasteiger partial charge in [-0.15, -0.1) is 21.8 Å². The summed E-state index contributed by atoms with van der Waals surface area (Å²) in [5.74, 6) is -0.777. The zero-order valence-electron chi connectivity index (χ0n) is 15.7. The molecule has 4 rings (SSSR count). The zero-order valence-corrected chi connectivity index (χ0v) is 17.2. The molecule has 0 radical (unpaired) electrons. The van der Waals surface area contributed by atoms with Crippen molar-refractivity contribution in [2.45, 2.75) is 42.9 Å². The number of hydrogen-bond acceptors (Lipinski definition) is 7. The van der Waals surface area contributed by atoms with Crippen LogP contribution >= 0.6 is 22.9 Å². The molecule has 1 saturated carbocycles. The second-order valence-electron chi connectivity index (χ2n) is 7.40. The van der Waals surface area contributed by atoms with E-state index in [-0.39, 0.29) is 17.1 Å². The van der Waals surface area contributed by atoms with E-state index in [4.69, 9.17) is 11.6 Å². The molecule has 1 aliphatic carbocycles. The van der Waals surface area contributed by atoms with Crippen molar-refractivity contribution in [2.24, 2.45) is 5.92 Å². The third-order valence-electron chi connectivity index (χ3n) is 5.21. The van der Waals surface area contributed by atoms with E-state index in [2.05, 4.69) is 31.7 Å². The SMILES string of the molecule is O=C(CC(F)(F)F)Nc1cccc(-c2nnc(NC3CCC4NNCC4C3Cl)s2)c1. The van der Waals surface area contributed by atoms with Gasteiger partial charge in [0, 0.05) is 35.8 Å². The summed E-state index contributed by atoms with van der Waals surface area (Å²) in [6.45, 7) is 0.825. The van der Waals surface area contributed by atoms with Crippen molar-refractivity contribution in [3.8, 4) is 10.6 Å². The number of amides is 1. The van der Waals surface area contributed by atoms with E-state index in [0.717, 1.165) is 19.4 Å². The van der Waals surface area contributed by atoms with E-state index in [0.29, 0.717) is 27.7 Å². The molecule has 162 valence electrons. The van der Waals surface area contributed by atoms with Gasteiger partial charge in [0.15, 0.2) is 0 Å². The van der Waals surface area contributed by atoms with E-state index in [1.54, 1.807) is 18.2 Å². The number of nitrogens with zero attached hydrogens (tertiary/aromatic N) is 2. The number of hydrogen-bond donors (Lipinski definition) is 4. The average Bonchev–Trinajstić information content (AvgIpc) is 3.32. The standard InChI is InChI=1S/C18H20ClF3N6OS/c19-15-11-8-23-26-12(11)4-5-13(15)25-17-28-27-16(30-17)9-2-1-3-10(6-9)24-14(29)7-18(20,21)22/h1-3,6,11-13,15,23,26H,4-5,7-8H2,(H,24,29)(H,25,28). The summed E-state index contributed by atoms with van der Waals surface area (Å²) in [6.07, 6.45) is -4.17. The van der Waals surface area contributed by atoms with Crippen LogP contribution in [0.1, 0.15) is 19.3 Å². The molecule has 12 heteroatoms. The largest absolute Gasteiger partial charge is 0.397 e. The van der Waals surface area contributed by atoms with Crippen LogP contribution in [0.2, 0.25) is 0 Å². The Labute approximate surface area is 179 Å². The maximum atomic E-state index is 12.3. The van der Waals surface area contributed by atoms with Gasteiger partial charge in [-0.2, -0.15) is 13.2 Å². The van der Waals surface area contributed by atoms with Crippen LogP contribution < -0.4 is 21.5 Å². The van der Waals surface area contributed by atoms with E-state index in [1.165, 1.54) is 17.4 Å². The van der Waals surface area contributed by atoms with Gasteiger partial charge in [-0.25, -0.2) is 0 Å². The molecule has 2 aliphatic rings. The summed E-state index contributed by atoms with van der Waals surface area (Å²) in [5.41, 5.74) is 7.33. The summed E-state index contributed by atoms with van der Waals surface area (Å²) in [5, 5.41) is 15.1. The van der Waals surface area contributed by atoms with Gasteiger partial charge in [0.25, 0.3) is 0 Å². The lowest BCUT2D eigenvalue weighted by Gasteiger charge is -2.35. The molecule has 2 fully saturated rings. The fourth-order valence-corrected chi connectivity index (χ4v) is 5.08. The lowest BCUT2D eigenvalue weighted by atomic mass is 9.82. The van der Waals surface area contributed by atoms with E-state index < -0.39 is 18.5 Å². The summed E-state index contributed by atoms with van der Waals surface area (Å²) < 4.78 is 37.0. The van der Waals surface area contributed by atoms with Crippen molar-refractivity contribution >= 4 is 39.7 Å². The monoisotopic (exact) mass is 460 g/mol. The topological polar surface area (TPSA) is 91.0 Å². The minimum Gasteiger partial charge on any atom is -0.356 e. The van der Waals surface area contributed by atoms with Crippen molar-refractivity contribution in [3.05, 3.63) is 24.3 Å². The third-order valence-corrected chi connectivity index (χ3v) is 6.74. The van der Waals surface area contributed by atoms with Gasteiger partial charge in [-0.3, -0.25) is 15.6 Å². The van der Waals surface area contributed by atoms with Crippen LogP contribution in [0.4, 0.5) is 24.0 Å². The number of nitrogens with one attached hydrogen (secondary N) is 4. The molecule has 1 aromatic heterocycles. The summed E-state index contributed by atoms with van der Waals surface area (Å²) >= 11 is 7.99. The fraction of sp³-hybridized carbons (Fsp3) is 0.500. The zero-order chi connectivity index (χ0) is 21.3. The molecular weight excluding hydrogens is 441 g/mol. The minimum absolute atomic E-state index is 0.0502. The molecule has 2 heterocycles. The fourth-order valence-electron chi connectivity index (χ4n) is 3.82. The average molecular weight is 461 g/mol. The highest BCUT2D eigenvalue weighted by Gasteiger charge is 2.41. The van der Waals surface area contributed by atoms with Crippen molar-refractivity contribution < 1.29 is 18.0 Å². The van der Waals surface area contributed by atoms with E-state index in [1.807, 2.05) is 0 Å². The van der Waals surface area contributed by atoms with Gasteiger partial charge in [-0.05, 0) is 25.0 Å². The Morgan fingerprint density at radius 3 is 2.93 bits per heavy atom. The van der Waals surface area contributed by atoms with Gasteiger partial charge >= 0.3 is 6.18 Å². The maximum absolute atomic E-state index is 12.3. The van der Waals surface area contributed by atoms with Crippen LogP contribution in [0.5, 0.6) is 0 Å². The van der Waals surface area contributed by atoms with Crippen LogP contribution in [0.3, 0.4) is 0 Å². The Hall–Kier alpha value is -1.95. The number of fused-ring (bicyclic) bond motifs is 1. The number of rotatable bonds is 5. The quantitative estimate of drug-likeness (QED) is 0.511. The van der Waals surface area contributed by atoms with Crippen molar-refractivity contribution in [2.75, 3.05) is 17.2 Å². The highest BCUT2D eigenvalue weighted by atomic mass is 35.5. The molecule has 1 aromatic carbocycles. The number of carbonyl (C=O) groups excluding carboxylic acids is 1. The Balaban J connectivity index is 1.41. The first-order chi connectivity index (χ1) is 14.3. The molecule has 1 aliphatic heterocycles. The maximum Gasteiger partial charge on any atom is 0.397 e. The van der Waals surface area contributed by atoms with Crippen LogP contribution in [0, 0.1) is 5.92 Å². The lowest BCUT2D eigenvalue weighted by Crippen LogP contribution is -2.47. The molecule has 4 N–H and O–H groups in total. The van der Waals surface area contributed by atoms with E-state index >= 15 is 0 Å². The third kappa shape index (κ3) is 5.02. The number of halogens is 4. The smallest absolute Gasteiger partial charge is 0.356 e. The molecule has 4 atom stereocenters. The van der Waals surface area contributed by atoms with E-state index in [9.17, 15) is 18.0 Å². The van der Waals surface area contributed by atoms with Gasteiger partial charge < -0.3 is 10.6 Å². The molecule has 4 unspecified atom stereocenters. The number of anilines is 2. The molecule has 1 saturated heterocycles. The molecule has 2 aromatic rings. The van der Waals surface area contributed by atoms with Crippen molar-refractivity contribution in [1.29, 1.82) is 0 Å². The summed E-state index contributed by atoms with van der Waals surface area (Å²) in [4.78, 5) is 11.5. The predicted octanol–water partition coefficient (Wildman–Crippen LogP) is 3.37. The highest BCUT2D eigenvalue weighted by molar-refractivity contribution is 7.18. The van der Waals surface area contributed by atoms with Gasteiger partial charge in [-0.1, -0.05) is 23.5 Å². The molecular formula is C18H20ClF3N6OS. The molecule has 0 spiro atoms. The predicted molar refractivity (Wildman–Crippen MR) is 109 cm³/mol. The van der Waals surface area contributed by atoms with Crippen LogP contribution in [-0.4, -0.2) is 46.3 Å². The second kappa shape index (κ2) is 8.66. The Kier molecular flexibility index (Phi) is 6.14. The van der Waals surface area contributed by atoms with Crippen LogP contribution in [0.15, 0.2) is 24.3 Å². The van der Waals surface area contributed by atoms with Crippen LogP contribution in [0.25, 0.3) is 10.6 Å². The van der Waals surface area contributed by atoms with Gasteiger partial charge in [0.2, 0.25) is 11.0 Å². The Morgan fingerprint density at radius 2 is 2.13 bits per heavy atom. The first kappa shape index (κ1) is 21.3. The molecule has 7 nitrogen and oxygen atoms in total. The first-order valence-corrected chi connectivity index (χ1v) is 10.7. The van der Waals surface area contributed by atoms with Gasteiger partial charge in [0.1, 0.15) is 11.4 Å². The normalized spacial score (nSPS) is 26.3. The molecule has 0 bridgehead atoms. The summed E-state index contributed by atoms with van der Waals surface area (Å²) in [7, 11) is 0. The first-order valence-electron chi connectivity index (χ1n) is 9.48. The molecule has 1 amide bonds. The lowest BCUT2D eigenvalue weighted by molar-refractivity contribution is -0.150. The second-order valence-corrected chi connectivity index (χ2v) is 8.88.